The lowest BCUT2D eigenvalue weighted by Crippen LogP contribution is -3.00. The Morgan fingerprint density at radius 1 is 1.14 bits per heavy atom. The second-order valence-corrected chi connectivity index (χ2v) is 5.14. The predicted molar refractivity (Wildman–Crippen MR) is 75.2 cm³/mol. The monoisotopic (exact) mass is 322 g/mol. The van der Waals surface area contributed by atoms with Crippen LogP contribution in [0.4, 0.5) is 5.69 Å². The molecule has 0 saturated carbocycles. The van der Waals surface area contributed by atoms with Crippen molar-refractivity contribution in [3.05, 3.63) is 63.2 Å². The molecule has 7 heteroatoms. The van der Waals surface area contributed by atoms with Gasteiger partial charge in [-0.3, -0.25) is 10.1 Å². The number of hydrogen-bond donors (Lipinski definition) is 3. The van der Waals surface area contributed by atoms with Crippen molar-refractivity contribution >= 4 is 5.69 Å². The normalized spacial score (nSPS) is 16.5. The van der Waals surface area contributed by atoms with Crippen LogP contribution in [0.2, 0.25) is 0 Å². The number of halogens is 1. The number of aromatic hydroxyl groups is 2. The number of nitrogens with zero attached hydrogens (tertiary/aromatic N) is 1. The standard InChI is InChI=1S/C15H14N2O4.ClH/c18-13-7-10-5-6-16-15(12(10)8-14(13)19)9-1-3-11(4-2-9)17(20)21;/h1-4,7-8,15-16,18-19H,5-6H2;1H/t15-;/m1./s1. The first-order valence-corrected chi connectivity index (χ1v) is 6.68. The molecule has 6 nitrogen and oxygen atoms in total. The molecule has 1 atom stereocenters. The van der Waals surface area contributed by atoms with Crippen LogP contribution in [0.3, 0.4) is 0 Å². The van der Waals surface area contributed by atoms with E-state index in [1.165, 1.54) is 12.1 Å². The minimum Gasteiger partial charge on any atom is -1.00 e. The number of phenolic OH excluding ortho intramolecular Hbond substituents is 2. The molecule has 3 rings (SSSR count). The number of hydrogen-bond acceptors (Lipinski definition) is 4. The van der Waals surface area contributed by atoms with Crippen molar-refractivity contribution in [2.75, 3.05) is 6.54 Å². The summed E-state index contributed by atoms with van der Waals surface area (Å²) in [4.78, 5) is 10.3. The van der Waals surface area contributed by atoms with E-state index in [4.69, 9.17) is 0 Å². The van der Waals surface area contributed by atoms with Gasteiger partial charge < -0.3 is 27.9 Å². The van der Waals surface area contributed by atoms with Gasteiger partial charge in [0.2, 0.25) is 0 Å². The van der Waals surface area contributed by atoms with Crippen LogP contribution in [0.1, 0.15) is 22.7 Å². The smallest absolute Gasteiger partial charge is 0.269 e. The Morgan fingerprint density at radius 2 is 1.77 bits per heavy atom. The summed E-state index contributed by atoms with van der Waals surface area (Å²) in [7, 11) is 0. The van der Waals surface area contributed by atoms with Crippen molar-refractivity contribution in [3.8, 4) is 11.5 Å². The Morgan fingerprint density at radius 3 is 2.41 bits per heavy atom. The number of quaternary nitrogens is 1. The van der Waals surface area contributed by atoms with Crippen molar-refractivity contribution < 1.29 is 32.9 Å². The predicted octanol–water partition coefficient (Wildman–Crippen LogP) is -1.78. The molecule has 2 aromatic rings. The molecule has 0 bridgehead atoms. The van der Waals surface area contributed by atoms with Crippen LogP contribution in [0.15, 0.2) is 36.4 Å². The lowest BCUT2D eigenvalue weighted by Gasteiger charge is -2.24. The molecule has 2 aromatic carbocycles. The highest BCUT2D eigenvalue weighted by molar-refractivity contribution is 5.49. The van der Waals surface area contributed by atoms with Crippen LogP contribution in [0, 0.1) is 10.1 Å². The molecule has 0 fully saturated rings. The summed E-state index contributed by atoms with van der Waals surface area (Å²) in [6, 6.07) is 9.58. The fourth-order valence-electron chi connectivity index (χ4n) is 2.79. The highest BCUT2D eigenvalue weighted by atomic mass is 35.5. The maximum absolute atomic E-state index is 10.7. The van der Waals surface area contributed by atoms with E-state index in [9.17, 15) is 20.3 Å². The van der Waals surface area contributed by atoms with Crippen LogP contribution < -0.4 is 17.7 Å². The largest absolute Gasteiger partial charge is 1.00 e. The number of non-ortho nitro benzene ring substituents is 1. The Balaban J connectivity index is 0.00000176. The third-order valence-corrected chi connectivity index (χ3v) is 3.85. The highest BCUT2D eigenvalue weighted by Gasteiger charge is 2.26. The molecule has 116 valence electrons. The fraction of sp³-hybridized carbons (Fsp3) is 0.200. The summed E-state index contributed by atoms with van der Waals surface area (Å²) in [6.07, 6.45) is 0.812. The molecule has 0 radical (unpaired) electrons. The van der Waals surface area contributed by atoms with Gasteiger partial charge in [0.05, 0.1) is 11.5 Å². The fourth-order valence-corrected chi connectivity index (χ4v) is 2.79. The van der Waals surface area contributed by atoms with Gasteiger partial charge in [0, 0.05) is 29.7 Å². The second-order valence-electron chi connectivity index (χ2n) is 5.14. The zero-order valence-electron chi connectivity index (χ0n) is 11.6. The summed E-state index contributed by atoms with van der Waals surface area (Å²) in [5, 5.41) is 32.1. The van der Waals surface area contributed by atoms with E-state index in [-0.39, 0.29) is 35.6 Å². The molecule has 1 heterocycles. The van der Waals surface area contributed by atoms with Crippen LogP contribution in [0.5, 0.6) is 11.5 Å². The van der Waals surface area contributed by atoms with Crippen molar-refractivity contribution in [2.24, 2.45) is 0 Å². The molecule has 4 N–H and O–H groups in total. The third-order valence-electron chi connectivity index (χ3n) is 3.85. The van der Waals surface area contributed by atoms with Gasteiger partial charge in [0.15, 0.2) is 11.5 Å². The van der Waals surface area contributed by atoms with Gasteiger partial charge >= 0.3 is 0 Å². The molecule has 1 aliphatic heterocycles. The maximum atomic E-state index is 10.7. The Kier molecular flexibility index (Phi) is 4.54. The van der Waals surface area contributed by atoms with E-state index in [0.717, 1.165) is 29.7 Å². The lowest BCUT2D eigenvalue weighted by atomic mass is 9.89. The van der Waals surface area contributed by atoms with E-state index in [1.54, 1.807) is 24.3 Å². The van der Waals surface area contributed by atoms with Gasteiger partial charge in [0.1, 0.15) is 6.04 Å². The first-order valence-electron chi connectivity index (χ1n) is 6.68. The van der Waals surface area contributed by atoms with Gasteiger partial charge in [0.25, 0.3) is 5.69 Å². The molecule has 0 saturated heterocycles. The maximum Gasteiger partial charge on any atom is 0.269 e. The number of nitro groups is 1. The Bertz CT molecular complexity index is 703. The molecule has 0 aliphatic carbocycles. The van der Waals surface area contributed by atoms with Gasteiger partial charge in [-0.2, -0.15) is 0 Å². The average Bonchev–Trinajstić information content (AvgIpc) is 2.48. The number of phenols is 2. The van der Waals surface area contributed by atoms with Crippen molar-refractivity contribution in [3.63, 3.8) is 0 Å². The number of fused-ring (bicyclic) bond motifs is 1. The third kappa shape index (κ3) is 2.84. The number of nitro benzene ring substituents is 1. The van der Waals surface area contributed by atoms with Gasteiger partial charge in [-0.05, 0) is 29.8 Å². The zero-order chi connectivity index (χ0) is 15.0. The first-order chi connectivity index (χ1) is 10.1. The molecular weight excluding hydrogens is 308 g/mol. The minimum atomic E-state index is -0.424. The second kappa shape index (κ2) is 6.21. The number of nitrogens with two attached hydrogens (primary N) is 1. The van der Waals surface area contributed by atoms with Crippen molar-refractivity contribution in [1.82, 2.24) is 0 Å². The molecule has 0 aromatic heterocycles. The lowest BCUT2D eigenvalue weighted by molar-refractivity contribution is -0.690. The summed E-state index contributed by atoms with van der Waals surface area (Å²) in [5.41, 5.74) is 2.93. The number of benzene rings is 2. The molecule has 0 amide bonds. The molecular formula is C15H15ClN2O4. The Hall–Kier alpha value is -2.31. The van der Waals surface area contributed by atoms with E-state index < -0.39 is 4.92 Å². The number of rotatable bonds is 2. The summed E-state index contributed by atoms with van der Waals surface area (Å²) < 4.78 is 0. The minimum absolute atomic E-state index is 0. The van der Waals surface area contributed by atoms with Crippen LogP contribution in [-0.2, 0) is 6.42 Å². The molecule has 0 unspecified atom stereocenters. The van der Waals surface area contributed by atoms with E-state index >= 15 is 0 Å². The van der Waals surface area contributed by atoms with Gasteiger partial charge in [-0.15, -0.1) is 0 Å². The quantitative estimate of drug-likeness (QED) is 0.346. The molecule has 1 aliphatic rings. The molecule has 0 spiro atoms. The van der Waals surface area contributed by atoms with Gasteiger partial charge in [-0.1, -0.05) is 0 Å². The summed E-state index contributed by atoms with van der Waals surface area (Å²) in [5.74, 6) is -0.255. The Labute approximate surface area is 133 Å². The SMILES string of the molecule is O=[N+]([O-])c1ccc([C@H]2[NH2+]CCc3cc(O)c(O)cc32)cc1.[Cl-]. The van der Waals surface area contributed by atoms with Crippen LogP contribution in [0.25, 0.3) is 0 Å². The van der Waals surface area contributed by atoms with E-state index in [0.29, 0.717) is 0 Å². The zero-order valence-corrected chi connectivity index (χ0v) is 12.3. The first kappa shape index (κ1) is 16.1. The summed E-state index contributed by atoms with van der Waals surface area (Å²) >= 11 is 0. The highest BCUT2D eigenvalue weighted by Crippen LogP contribution is 2.34. The van der Waals surface area contributed by atoms with Gasteiger partial charge in [-0.25, -0.2) is 0 Å². The van der Waals surface area contributed by atoms with Crippen molar-refractivity contribution in [2.45, 2.75) is 12.5 Å². The topological polar surface area (TPSA) is 100 Å². The van der Waals surface area contributed by atoms with Crippen LogP contribution >= 0.6 is 0 Å². The summed E-state index contributed by atoms with van der Waals surface area (Å²) in [6.45, 7) is 0.860. The van der Waals surface area contributed by atoms with Crippen LogP contribution in [-0.4, -0.2) is 21.7 Å². The van der Waals surface area contributed by atoms with E-state index in [2.05, 4.69) is 5.32 Å². The average molecular weight is 323 g/mol. The van der Waals surface area contributed by atoms with Crippen molar-refractivity contribution in [1.29, 1.82) is 0 Å². The van der Waals surface area contributed by atoms with E-state index in [1.807, 2.05) is 0 Å². The molecule has 22 heavy (non-hydrogen) atoms.